The van der Waals surface area contributed by atoms with Crippen LogP contribution in [0.5, 0.6) is 0 Å². The van der Waals surface area contributed by atoms with E-state index in [4.69, 9.17) is 0 Å². The van der Waals surface area contributed by atoms with Gasteiger partial charge in [-0.15, -0.1) is 0 Å². The van der Waals surface area contributed by atoms with Gasteiger partial charge in [0.1, 0.15) is 11.9 Å². The quantitative estimate of drug-likeness (QED) is 0.279. The molecule has 16 heavy (non-hydrogen) atoms. The first-order valence-electron chi connectivity index (χ1n) is 2.89. The molecule has 0 heterocycles. The third kappa shape index (κ3) is 36.3. The number of nitro groups is 2. The monoisotopic (exact) mass is 286 g/mol. The van der Waals surface area contributed by atoms with Gasteiger partial charge in [0.15, 0.2) is 0 Å². The first-order valence-corrected chi connectivity index (χ1v) is 2.89. The van der Waals surface area contributed by atoms with E-state index in [1.54, 1.807) is 0 Å². The first kappa shape index (κ1) is 25.8. The van der Waals surface area contributed by atoms with Gasteiger partial charge in [0.2, 0.25) is 13.1 Å². The van der Waals surface area contributed by atoms with Crippen LogP contribution in [-0.2, 0) is 9.59 Å². The average molecular weight is 286 g/mol. The molecule has 0 radical (unpaired) electrons. The van der Waals surface area contributed by atoms with E-state index in [1.807, 2.05) is 0 Å². The normalized spacial score (nSPS) is 7.00. The molecule has 10 nitrogen and oxygen atoms in total. The molecule has 0 unspecified atom stereocenters. The van der Waals surface area contributed by atoms with Gasteiger partial charge in [-0.1, -0.05) is 0 Å². The van der Waals surface area contributed by atoms with Crippen molar-refractivity contribution in [2.24, 2.45) is 0 Å². The van der Waals surface area contributed by atoms with Crippen LogP contribution in [0.15, 0.2) is 0 Å². The van der Waals surface area contributed by atoms with Gasteiger partial charge in [-0.25, -0.2) is 0 Å². The molecule has 0 aliphatic carbocycles. The summed E-state index contributed by atoms with van der Waals surface area (Å²) in [6.07, 6.45) is 0. The SMILES string of the molecule is O=C([O-])C[N+](=O)[O-].O=C([O-])C[N+](=O)[O-].[K+].[K+]. The Morgan fingerprint density at radius 2 is 1.00 bits per heavy atom. The minimum atomic E-state index is -1.66. The molecule has 0 N–H and O–H groups in total. The maximum absolute atomic E-state index is 9.26. The van der Waals surface area contributed by atoms with Gasteiger partial charge in [-0.3, -0.25) is 20.2 Å². The van der Waals surface area contributed by atoms with Gasteiger partial charge in [-0.2, -0.15) is 0 Å². The summed E-state index contributed by atoms with van der Waals surface area (Å²) in [5.41, 5.74) is 0. The Labute approximate surface area is 174 Å². The second-order valence-corrected chi connectivity index (χ2v) is 1.73. The third-order valence-electron chi connectivity index (χ3n) is 0.516. The van der Waals surface area contributed by atoms with Gasteiger partial charge >= 0.3 is 103 Å². The summed E-state index contributed by atoms with van der Waals surface area (Å²) in [4.78, 5) is 35.0. The summed E-state index contributed by atoms with van der Waals surface area (Å²) in [5.74, 6) is -3.32. The number of aliphatic carboxylic acids is 2. The molecule has 0 spiro atoms. The zero-order valence-corrected chi connectivity index (χ0v) is 14.8. The molecule has 0 amide bonds. The first-order chi connectivity index (χ1) is 6.25. The molecule has 0 atom stereocenters. The van der Waals surface area contributed by atoms with Crippen LogP contribution in [0.1, 0.15) is 0 Å². The van der Waals surface area contributed by atoms with Gasteiger partial charge < -0.3 is 19.8 Å². The molecule has 0 bridgehead atoms. The fourth-order valence-corrected chi connectivity index (χ4v) is 0.211. The average Bonchev–Trinajstić information content (AvgIpc) is 1.79. The molecule has 0 saturated heterocycles. The molecule has 0 aliphatic heterocycles. The summed E-state index contributed by atoms with van der Waals surface area (Å²) in [6, 6.07) is 0. The molecule has 0 aliphatic rings. The third-order valence-corrected chi connectivity index (χ3v) is 0.516. The van der Waals surface area contributed by atoms with Crippen molar-refractivity contribution in [3.8, 4) is 0 Å². The van der Waals surface area contributed by atoms with Crippen LogP contribution in [0.2, 0.25) is 0 Å². The Morgan fingerprint density at radius 1 is 0.812 bits per heavy atom. The van der Waals surface area contributed by atoms with Crippen LogP contribution in [-0.4, -0.2) is 34.9 Å². The largest absolute Gasteiger partial charge is 1.00 e. The van der Waals surface area contributed by atoms with Crippen LogP contribution in [0.3, 0.4) is 0 Å². The van der Waals surface area contributed by atoms with E-state index in [-0.39, 0.29) is 103 Å². The van der Waals surface area contributed by atoms with Crippen LogP contribution in [0.4, 0.5) is 0 Å². The van der Waals surface area contributed by atoms with E-state index in [1.165, 1.54) is 0 Å². The topological polar surface area (TPSA) is 167 Å². The van der Waals surface area contributed by atoms with Crippen molar-refractivity contribution < 1.29 is 132 Å². The molecule has 12 heteroatoms. The van der Waals surface area contributed by atoms with Crippen LogP contribution in [0, 0.1) is 20.2 Å². The van der Waals surface area contributed by atoms with Crippen molar-refractivity contribution in [2.75, 3.05) is 13.1 Å². The van der Waals surface area contributed by atoms with Crippen molar-refractivity contribution in [1.82, 2.24) is 0 Å². The predicted octanol–water partition coefficient (Wildman–Crippen LogP) is -9.97. The van der Waals surface area contributed by atoms with E-state index in [9.17, 15) is 40.0 Å². The number of hydrogen-bond donors (Lipinski definition) is 0. The summed E-state index contributed by atoms with van der Waals surface area (Å²) >= 11 is 0. The summed E-state index contributed by atoms with van der Waals surface area (Å²) in [5, 5.41) is 36.9. The standard InChI is InChI=1S/2C2H3NO4.2K/c2*4-2(5)1-3(6)7;;/h2*1H2,(H,4,5);;/q;;2*+1/p-2. The fourth-order valence-electron chi connectivity index (χ4n) is 0.211. The molecule has 80 valence electrons. The Bertz CT molecular complexity index is 206. The van der Waals surface area contributed by atoms with Crippen molar-refractivity contribution in [3.63, 3.8) is 0 Å². The molecule has 0 rings (SSSR count). The number of rotatable bonds is 4. The van der Waals surface area contributed by atoms with E-state index in [0.717, 1.165) is 0 Å². The van der Waals surface area contributed by atoms with E-state index in [0.29, 0.717) is 0 Å². The van der Waals surface area contributed by atoms with Crippen molar-refractivity contribution >= 4 is 11.9 Å². The van der Waals surface area contributed by atoms with Crippen LogP contribution >= 0.6 is 0 Å². The van der Waals surface area contributed by atoms with Crippen molar-refractivity contribution in [3.05, 3.63) is 20.2 Å². The van der Waals surface area contributed by atoms with Crippen LogP contribution in [0.25, 0.3) is 0 Å². The maximum atomic E-state index is 9.26. The van der Waals surface area contributed by atoms with Gasteiger partial charge in [0.25, 0.3) is 0 Å². The number of carboxylic acid groups (broad SMARTS) is 2. The summed E-state index contributed by atoms with van der Waals surface area (Å²) in [7, 11) is 0. The number of carboxylic acids is 2. The molecule has 0 aromatic carbocycles. The maximum Gasteiger partial charge on any atom is 1.00 e. The van der Waals surface area contributed by atoms with Crippen molar-refractivity contribution in [1.29, 1.82) is 0 Å². The second kappa shape index (κ2) is 16.0. The van der Waals surface area contributed by atoms with E-state index >= 15 is 0 Å². The summed E-state index contributed by atoms with van der Waals surface area (Å²) < 4.78 is 0. The van der Waals surface area contributed by atoms with Gasteiger partial charge in [0, 0.05) is 9.85 Å². The second-order valence-electron chi connectivity index (χ2n) is 1.73. The van der Waals surface area contributed by atoms with E-state index < -0.39 is 34.9 Å². The number of carbonyl (C=O) groups excluding carboxylic acids is 2. The Hall–Kier alpha value is 1.01. The molecule has 0 aromatic heterocycles. The smallest absolute Gasteiger partial charge is 0.543 e. The van der Waals surface area contributed by atoms with E-state index in [2.05, 4.69) is 0 Å². The Balaban J connectivity index is -0.0000000800. The zero-order valence-electron chi connectivity index (χ0n) is 8.57. The molecule has 0 aromatic rings. The molecular formula is C4H4K2N2O8. The number of nitrogens with zero attached hydrogens (tertiary/aromatic N) is 2. The molecule has 0 fully saturated rings. The van der Waals surface area contributed by atoms with Crippen LogP contribution < -0.4 is 113 Å². The minimum Gasteiger partial charge on any atom is -0.543 e. The van der Waals surface area contributed by atoms with Gasteiger partial charge in [-0.05, 0) is 0 Å². The fraction of sp³-hybridized carbons (Fsp3) is 0.500. The van der Waals surface area contributed by atoms with Crippen molar-refractivity contribution in [2.45, 2.75) is 0 Å². The summed E-state index contributed by atoms with van der Waals surface area (Å²) in [6.45, 7) is -2.22. The van der Waals surface area contributed by atoms with Gasteiger partial charge in [0.05, 0.1) is 0 Å². The Morgan fingerprint density at radius 3 is 1.00 bits per heavy atom. The number of hydrogen-bond acceptors (Lipinski definition) is 8. The predicted molar refractivity (Wildman–Crippen MR) is 33.7 cm³/mol. The Kier molecular flexibility index (Phi) is 25.8. The molecular weight excluding hydrogens is 282 g/mol. The minimum absolute atomic E-state index is 0. The number of carbonyl (C=O) groups is 2. The molecule has 0 saturated carbocycles. The zero-order chi connectivity index (χ0) is 11.7.